The van der Waals surface area contributed by atoms with E-state index >= 15 is 0 Å². The summed E-state index contributed by atoms with van der Waals surface area (Å²) in [5.41, 5.74) is 1.41. The van der Waals surface area contributed by atoms with Crippen LogP contribution in [0.5, 0.6) is 5.75 Å². The molecule has 0 unspecified atom stereocenters. The van der Waals surface area contributed by atoms with Crippen molar-refractivity contribution in [1.82, 2.24) is 15.1 Å². The van der Waals surface area contributed by atoms with Gasteiger partial charge < -0.3 is 15.0 Å². The zero-order valence-electron chi connectivity index (χ0n) is 18.2. The number of amides is 2. The summed E-state index contributed by atoms with van der Waals surface area (Å²) < 4.78 is 6.31. The SMILES string of the molecule is COc1ccccc1C(=O)N(CCC(=O)Nc1nnc(-c2ccc(Br)cc2)s1)CC(C)C. The highest BCUT2D eigenvalue weighted by Crippen LogP contribution is 2.27. The van der Waals surface area contributed by atoms with Crippen LogP contribution < -0.4 is 10.1 Å². The summed E-state index contributed by atoms with van der Waals surface area (Å²) in [7, 11) is 1.54. The van der Waals surface area contributed by atoms with Crippen molar-refractivity contribution in [2.75, 3.05) is 25.5 Å². The number of nitrogens with zero attached hydrogens (tertiary/aromatic N) is 3. The van der Waals surface area contributed by atoms with Crippen LogP contribution in [0.2, 0.25) is 0 Å². The van der Waals surface area contributed by atoms with Crippen LogP contribution in [0.15, 0.2) is 53.0 Å². The minimum Gasteiger partial charge on any atom is -0.496 e. The average Bonchev–Trinajstić information content (AvgIpc) is 3.24. The van der Waals surface area contributed by atoms with E-state index in [0.717, 1.165) is 15.0 Å². The number of benzene rings is 2. The lowest BCUT2D eigenvalue weighted by atomic mass is 10.1. The number of nitrogens with one attached hydrogen (secondary N) is 1. The number of anilines is 1. The maximum atomic E-state index is 13.1. The molecule has 0 saturated heterocycles. The molecule has 3 rings (SSSR count). The smallest absolute Gasteiger partial charge is 0.257 e. The summed E-state index contributed by atoms with van der Waals surface area (Å²) >= 11 is 4.71. The summed E-state index contributed by atoms with van der Waals surface area (Å²) in [6.45, 7) is 4.90. The van der Waals surface area contributed by atoms with Crippen molar-refractivity contribution >= 4 is 44.2 Å². The van der Waals surface area contributed by atoms with Crippen molar-refractivity contribution < 1.29 is 14.3 Å². The number of para-hydroxylation sites is 1. The molecular weight excluding hydrogens is 492 g/mol. The number of methoxy groups -OCH3 is 1. The molecular formula is C23H25BrN4O3S. The molecule has 0 radical (unpaired) electrons. The molecule has 168 valence electrons. The Balaban J connectivity index is 1.63. The predicted molar refractivity (Wildman–Crippen MR) is 130 cm³/mol. The number of halogens is 1. The van der Waals surface area contributed by atoms with Crippen LogP contribution in [0.4, 0.5) is 5.13 Å². The number of carbonyl (C=O) groups excluding carboxylic acids is 2. The second kappa shape index (κ2) is 11.2. The maximum absolute atomic E-state index is 13.1. The van der Waals surface area contributed by atoms with Gasteiger partial charge in [-0.3, -0.25) is 9.59 Å². The third-order valence-corrected chi connectivity index (χ3v) is 6.00. The third kappa shape index (κ3) is 6.37. The number of aromatic nitrogens is 2. The van der Waals surface area contributed by atoms with Crippen molar-refractivity contribution in [2.24, 2.45) is 5.92 Å². The highest BCUT2D eigenvalue weighted by Gasteiger charge is 2.21. The van der Waals surface area contributed by atoms with E-state index in [1.807, 2.05) is 44.2 Å². The molecule has 9 heteroatoms. The van der Waals surface area contributed by atoms with Crippen LogP contribution in [-0.4, -0.2) is 47.1 Å². The van der Waals surface area contributed by atoms with Crippen LogP contribution >= 0.6 is 27.3 Å². The normalized spacial score (nSPS) is 10.8. The minimum atomic E-state index is -0.218. The van der Waals surface area contributed by atoms with Gasteiger partial charge in [0.15, 0.2) is 0 Å². The molecule has 0 fully saturated rings. The largest absolute Gasteiger partial charge is 0.496 e. The van der Waals surface area contributed by atoms with Gasteiger partial charge in [0, 0.05) is 29.5 Å². The highest BCUT2D eigenvalue weighted by atomic mass is 79.9. The number of carbonyl (C=O) groups is 2. The van der Waals surface area contributed by atoms with Gasteiger partial charge in [-0.2, -0.15) is 0 Å². The van der Waals surface area contributed by atoms with E-state index < -0.39 is 0 Å². The zero-order chi connectivity index (χ0) is 23.1. The molecule has 0 saturated carbocycles. The summed E-state index contributed by atoms with van der Waals surface area (Å²) in [6, 6.07) is 14.8. The maximum Gasteiger partial charge on any atom is 0.257 e. The Labute approximate surface area is 199 Å². The van der Waals surface area contributed by atoms with Crippen molar-refractivity contribution in [3.63, 3.8) is 0 Å². The van der Waals surface area contributed by atoms with Gasteiger partial charge in [-0.1, -0.05) is 65.4 Å². The first-order chi connectivity index (χ1) is 15.4. The van der Waals surface area contributed by atoms with Crippen LogP contribution in [0.25, 0.3) is 10.6 Å². The molecule has 0 aliphatic heterocycles. The first kappa shape index (κ1) is 23.9. The van der Waals surface area contributed by atoms with Crippen molar-refractivity contribution in [3.8, 4) is 16.3 Å². The van der Waals surface area contributed by atoms with Crippen LogP contribution in [0, 0.1) is 5.92 Å². The van der Waals surface area contributed by atoms with E-state index in [1.54, 1.807) is 23.1 Å². The van der Waals surface area contributed by atoms with E-state index in [2.05, 4.69) is 31.4 Å². The van der Waals surface area contributed by atoms with Crippen molar-refractivity contribution in [3.05, 3.63) is 58.6 Å². The van der Waals surface area contributed by atoms with Crippen molar-refractivity contribution in [1.29, 1.82) is 0 Å². The fourth-order valence-electron chi connectivity index (χ4n) is 3.11. The summed E-state index contributed by atoms with van der Waals surface area (Å²) in [6.07, 6.45) is 0.154. The van der Waals surface area contributed by atoms with Gasteiger partial charge >= 0.3 is 0 Å². The van der Waals surface area contributed by atoms with Crippen molar-refractivity contribution in [2.45, 2.75) is 20.3 Å². The molecule has 3 aromatic rings. The fraction of sp³-hybridized carbons (Fsp3) is 0.304. The quantitative estimate of drug-likeness (QED) is 0.427. The lowest BCUT2D eigenvalue weighted by Crippen LogP contribution is -2.36. The second-order valence-corrected chi connectivity index (χ2v) is 9.46. The van der Waals surface area contributed by atoms with Gasteiger partial charge in [0.25, 0.3) is 5.91 Å². The van der Waals surface area contributed by atoms with Crippen LogP contribution in [0.3, 0.4) is 0 Å². The molecule has 1 heterocycles. The molecule has 2 aromatic carbocycles. The van der Waals surface area contributed by atoms with E-state index in [-0.39, 0.29) is 24.2 Å². The van der Waals surface area contributed by atoms with E-state index in [1.165, 1.54) is 18.4 Å². The predicted octanol–water partition coefficient (Wildman–Crippen LogP) is 5.10. The van der Waals surface area contributed by atoms with Gasteiger partial charge in [-0.25, -0.2) is 0 Å². The van der Waals surface area contributed by atoms with Gasteiger partial charge in [0.2, 0.25) is 11.0 Å². The fourth-order valence-corrected chi connectivity index (χ4v) is 4.14. The zero-order valence-corrected chi connectivity index (χ0v) is 20.6. The first-order valence-corrected chi connectivity index (χ1v) is 11.8. The Kier molecular flexibility index (Phi) is 8.35. The van der Waals surface area contributed by atoms with E-state index in [0.29, 0.717) is 29.5 Å². The number of ether oxygens (including phenoxy) is 1. The Morgan fingerprint density at radius 3 is 2.53 bits per heavy atom. The van der Waals surface area contributed by atoms with Gasteiger partial charge in [0.05, 0.1) is 12.7 Å². The molecule has 1 N–H and O–H groups in total. The van der Waals surface area contributed by atoms with Crippen LogP contribution in [0.1, 0.15) is 30.6 Å². The number of hydrogen-bond acceptors (Lipinski definition) is 6. The summed E-state index contributed by atoms with van der Waals surface area (Å²) in [4.78, 5) is 27.3. The highest BCUT2D eigenvalue weighted by molar-refractivity contribution is 9.10. The Hall–Kier alpha value is -2.78. The standard InChI is InChI=1S/C23H25BrN4O3S/c1-15(2)14-28(22(30)18-6-4-5-7-19(18)31-3)13-12-20(29)25-23-27-26-21(32-23)16-8-10-17(24)11-9-16/h4-11,15H,12-14H2,1-3H3,(H,25,27,29). The monoisotopic (exact) mass is 516 g/mol. The lowest BCUT2D eigenvalue weighted by Gasteiger charge is -2.25. The Morgan fingerprint density at radius 1 is 1.12 bits per heavy atom. The molecule has 2 amide bonds. The van der Waals surface area contributed by atoms with Crippen LogP contribution in [-0.2, 0) is 4.79 Å². The molecule has 32 heavy (non-hydrogen) atoms. The van der Waals surface area contributed by atoms with Gasteiger partial charge in [-0.05, 0) is 30.2 Å². The second-order valence-electron chi connectivity index (χ2n) is 7.56. The van der Waals surface area contributed by atoms with E-state index in [9.17, 15) is 9.59 Å². The number of rotatable bonds is 9. The molecule has 0 bridgehead atoms. The minimum absolute atomic E-state index is 0.154. The molecule has 0 aliphatic carbocycles. The Morgan fingerprint density at radius 2 is 1.84 bits per heavy atom. The average molecular weight is 517 g/mol. The summed E-state index contributed by atoms with van der Waals surface area (Å²) in [5.74, 6) is 0.404. The van der Waals surface area contributed by atoms with Gasteiger partial charge in [-0.15, -0.1) is 10.2 Å². The molecule has 1 aromatic heterocycles. The molecule has 0 atom stereocenters. The summed E-state index contributed by atoms with van der Waals surface area (Å²) in [5, 5.41) is 12.2. The first-order valence-electron chi connectivity index (χ1n) is 10.2. The topological polar surface area (TPSA) is 84.4 Å². The molecule has 0 spiro atoms. The molecule has 7 nitrogen and oxygen atoms in total. The third-order valence-electron chi connectivity index (χ3n) is 4.58. The van der Waals surface area contributed by atoms with Gasteiger partial charge in [0.1, 0.15) is 10.8 Å². The lowest BCUT2D eigenvalue weighted by molar-refractivity contribution is -0.116. The number of hydrogen-bond donors (Lipinski definition) is 1. The van der Waals surface area contributed by atoms with E-state index in [4.69, 9.17) is 4.74 Å². The molecule has 0 aliphatic rings. The Bertz CT molecular complexity index is 1070.